The van der Waals surface area contributed by atoms with Crippen LogP contribution in [0.25, 0.3) is 11.3 Å². The average molecular weight is 446 g/mol. The molecule has 0 aliphatic rings. The molecule has 31 heavy (non-hydrogen) atoms. The Kier molecular flexibility index (Phi) is 6.56. The molecule has 0 atom stereocenters. The molecule has 164 valence electrons. The summed E-state index contributed by atoms with van der Waals surface area (Å²) in [6, 6.07) is 7.92. The van der Waals surface area contributed by atoms with Crippen molar-refractivity contribution in [2.75, 3.05) is 30.1 Å². The number of aromatic nitrogens is 3. The van der Waals surface area contributed by atoms with Gasteiger partial charge in [0.05, 0.1) is 22.9 Å². The molecule has 3 rings (SSSR count). The van der Waals surface area contributed by atoms with Gasteiger partial charge in [0, 0.05) is 56.0 Å². The van der Waals surface area contributed by atoms with E-state index in [1.54, 1.807) is 36.3 Å². The highest BCUT2D eigenvalue weighted by molar-refractivity contribution is 7.90. The summed E-state index contributed by atoms with van der Waals surface area (Å²) >= 11 is 0. The van der Waals surface area contributed by atoms with Crippen molar-refractivity contribution in [1.82, 2.24) is 14.8 Å². The lowest BCUT2D eigenvalue weighted by atomic mass is 10.1. The molecular formula is C20H23N5O5S. The molecule has 0 aliphatic heterocycles. The van der Waals surface area contributed by atoms with Crippen LogP contribution in [0.2, 0.25) is 0 Å². The van der Waals surface area contributed by atoms with Crippen molar-refractivity contribution in [2.24, 2.45) is 7.05 Å². The number of aliphatic hydroxyl groups excluding tert-OH is 1. The van der Waals surface area contributed by atoms with E-state index in [9.17, 15) is 13.2 Å². The van der Waals surface area contributed by atoms with Gasteiger partial charge >= 0.3 is 0 Å². The summed E-state index contributed by atoms with van der Waals surface area (Å²) in [6.45, 7) is 1.19. The number of nitrogens with one attached hydrogen (secondary N) is 2. The van der Waals surface area contributed by atoms with Crippen LogP contribution in [0.5, 0.6) is 5.75 Å². The fraction of sp³-hybridized carbons (Fsp3) is 0.250. The van der Waals surface area contributed by atoms with Gasteiger partial charge in [-0.1, -0.05) is 0 Å². The first-order chi connectivity index (χ1) is 14.7. The average Bonchev–Trinajstić information content (AvgIpc) is 3.11. The highest BCUT2D eigenvalue weighted by Gasteiger charge is 2.15. The fourth-order valence-electron chi connectivity index (χ4n) is 2.83. The molecule has 10 nitrogen and oxygen atoms in total. The van der Waals surface area contributed by atoms with Crippen molar-refractivity contribution in [3.63, 3.8) is 0 Å². The number of benzene rings is 1. The number of carbonyl (C=O) groups excluding carboxylic acids is 1. The van der Waals surface area contributed by atoms with E-state index in [2.05, 4.69) is 20.7 Å². The molecule has 0 saturated carbocycles. The van der Waals surface area contributed by atoms with Crippen molar-refractivity contribution < 1.29 is 23.1 Å². The Morgan fingerprint density at radius 3 is 2.65 bits per heavy atom. The number of sulfone groups is 1. The Balaban J connectivity index is 2.08. The lowest BCUT2D eigenvalue weighted by molar-refractivity contribution is -0.114. The number of amides is 1. The molecule has 0 radical (unpaired) electrons. The topological polar surface area (TPSA) is 135 Å². The van der Waals surface area contributed by atoms with Crippen molar-refractivity contribution >= 4 is 32.9 Å². The van der Waals surface area contributed by atoms with Crippen LogP contribution in [-0.4, -0.2) is 53.7 Å². The summed E-state index contributed by atoms with van der Waals surface area (Å²) in [7, 11) is -1.73. The van der Waals surface area contributed by atoms with Crippen LogP contribution in [0.1, 0.15) is 6.92 Å². The summed E-state index contributed by atoms with van der Waals surface area (Å²) in [4.78, 5) is 15.8. The minimum atomic E-state index is -3.52. The molecular weight excluding hydrogens is 422 g/mol. The van der Waals surface area contributed by atoms with Gasteiger partial charge in [-0.2, -0.15) is 5.10 Å². The maximum atomic E-state index is 12.1. The molecule has 11 heteroatoms. The van der Waals surface area contributed by atoms with Gasteiger partial charge in [-0.25, -0.2) is 13.4 Å². The summed E-state index contributed by atoms with van der Waals surface area (Å²) in [5, 5.41) is 19.2. The minimum Gasteiger partial charge on any atom is -0.491 e. The van der Waals surface area contributed by atoms with Gasteiger partial charge in [0.25, 0.3) is 0 Å². The van der Waals surface area contributed by atoms with E-state index in [0.717, 1.165) is 6.26 Å². The molecule has 3 N–H and O–H groups in total. The largest absolute Gasteiger partial charge is 0.491 e. The number of carbonyl (C=O) groups is 1. The van der Waals surface area contributed by atoms with Crippen molar-refractivity contribution in [3.05, 3.63) is 42.7 Å². The van der Waals surface area contributed by atoms with E-state index in [0.29, 0.717) is 28.5 Å². The van der Waals surface area contributed by atoms with Gasteiger partial charge in [0.1, 0.15) is 18.2 Å². The first kappa shape index (κ1) is 22.2. The van der Waals surface area contributed by atoms with Crippen LogP contribution in [0.15, 0.2) is 47.6 Å². The number of ether oxygens (including phenoxy) is 1. The van der Waals surface area contributed by atoms with Crippen LogP contribution in [-0.2, 0) is 21.7 Å². The normalized spacial score (nSPS) is 11.2. The number of rotatable bonds is 8. The first-order valence-corrected chi connectivity index (χ1v) is 11.2. The second-order valence-corrected chi connectivity index (χ2v) is 8.85. The number of pyridine rings is 1. The second kappa shape index (κ2) is 9.14. The molecule has 2 aromatic heterocycles. The van der Waals surface area contributed by atoms with Crippen molar-refractivity contribution in [2.45, 2.75) is 11.8 Å². The third-order valence-corrected chi connectivity index (χ3v) is 5.24. The third-order valence-electron chi connectivity index (χ3n) is 4.14. The van der Waals surface area contributed by atoms with Crippen molar-refractivity contribution in [3.8, 4) is 17.0 Å². The standard InChI is InChI=1S/C20H23N5O5S/c1-13(27)22-20-11-19(17(12-21-20)18-4-5-25(2)24-18)23-14-8-15(30-7-6-26)10-16(9-14)31(3,28)29/h4-5,8-12,26H,6-7H2,1-3H3,(H2,21,22,23,27). The number of anilines is 3. The lowest BCUT2D eigenvalue weighted by Gasteiger charge is -2.15. The fourth-order valence-corrected chi connectivity index (χ4v) is 3.50. The highest BCUT2D eigenvalue weighted by atomic mass is 32.2. The van der Waals surface area contributed by atoms with Gasteiger partial charge in [0.2, 0.25) is 5.91 Å². The Labute approximate surface area is 179 Å². The van der Waals surface area contributed by atoms with Crippen LogP contribution in [0, 0.1) is 0 Å². The Morgan fingerprint density at radius 2 is 2.03 bits per heavy atom. The first-order valence-electron chi connectivity index (χ1n) is 9.29. The van der Waals surface area contributed by atoms with E-state index in [4.69, 9.17) is 9.84 Å². The van der Waals surface area contributed by atoms with E-state index in [1.165, 1.54) is 19.1 Å². The second-order valence-electron chi connectivity index (χ2n) is 6.83. The molecule has 0 spiro atoms. The Morgan fingerprint density at radius 1 is 1.26 bits per heavy atom. The summed E-state index contributed by atoms with van der Waals surface area (Å²) < 4.78 is 31.3. The monoisotopic (exact) mass is 445 g/mol. The zero-order chi connectivity index (χ0) is 22.6. The summed E-state index contributed by atoms with van der Waals surface area (Å²) in [5.41, 5.74) is 2.28. The van der Waals surface area contributed by atoms with E-state index >= 15 is 0 Å². The maximum absolute atomic E-state index is 12.1. The Bertz CT molecular complexity index is 1210. The SMILES string of the molecule is CC(=O)Nc1cc(Nc2cc(OCCO)cc(S(C)(=O)=O)c2)c(-c2ccn(C)n2)cn1. The Hall–Kier alpha value is -3.44. The van der Waals surface area contributed by atoms with Crippen LogP contribution in [0.4, 0.5) is 17.2 Å². The number of hydrogen-bond donors (Lipinski definition) is 3. The number of aliphatic hydroxyl groups is 1. The molecule has 2 heterocycles. The molecule has 0 fully saturated rings. The molecule has 3 aromatic rings. The van der Waals surface area contributed by atoms with Crippen LogP contribution in [0.3, 0.4) is 0 Å². The molecule has 0 saturated heterocycles. The third kappa shape index (κ3) is 5.80. The van der Waals surface area contributed by atoms with Crippen molar-refractivity contribution in [1.29, 1.82) is 0 Å². The zero-order valence-electron chi connectivity index (χ0n) is 17.3. The van der Waals surface area contributed by atoms with Gasteiger partial charge in [0.15, 0.2) is 9.84 Å². The summed E-state index contributed by atoms with van der Waals surface area (Å²) in [6.07, 6.45) is 4.45. The number of hydrogen-bond acceptors (Lipinski definition) is 8. The number of aryl methyl sites for hydroxylation is 1. The smallest absolute Gasteiger partial charge is 0.222 e. The molecule has 0 bridgehead atoms. The van der Waals surface area contributed by atoms with E-state index in [-0.39, 0.29) is 29.8 Å². The predicted octanol–water partition coefficient (Wildman–Crippen LogP) is 1.96. The van der Waals surface area contributed by atoms with Gasteiger partial charge in [-0.15, -0.1) is 0 Å². The zero-order valence-corrected chi connectivity index (χ0v) is 18.1. The van der Waals surface area contributed by atoms with Gasteiger partial charge in [-0.3, -0.25) is 9.48 Å². The quantitative estimate of drug-likeness (QED) is 0.479. The van der Waals surface area contributed by atoms with E-state index < -0.39 is 9.84 Å². The molecule has 0 unspecified atom stereocenters. The van der Waals surface area contributed by atoms with Gasteiger partial charge in [-0.05, 0) is 18.2 Å². The summed E-state index contributed by atoms with van der Waals surface area (Å²) in [5.74, 6) is 0.337. The minimum absolute atomic E-state index is 0.0216. The molecule has 1 aromatic carbocycles. The number of nitrogens with zero attached hydrogens (tertiary/aromatic N) is 3. The van der Waals surface area contributed by atoms with E-state index in [1.807, 2.05) is 6.07 Å². The maximum Gasteiger partial charge on any atom is 0.222 e. The van der Waals surface area contributed by atoms with Crippen LogP contribution < -0.4 is 15.4 Å². The molecule has 1 amide bonds. The molecule has 0 aliphatic carbocycles. The predicted molar refractivity (Wildman–Crippen MR) is 116 cm³/mol. The highest BCUT2D eigenvalue weighted by Crippen LogP contribution is 2.33. The van der Waals surface area contributed by atoms with Gasteiger partial charge < -0.3 is 20.5 Å². The van der Waals surface area contributed by atoms with Crippen LogP contribution >= 0.6 is 0 Å². The lowest BCUT2D eigenvalue weighted by Crippen LogP contribution is -2.08.